The summed E-state index contributed by atoms with van der Waals surface area (Å²) >= 11 is 0. The van der Waals surface area contributed by atoms with Gasteiger partial charge in [0.05, 0.1) is 22.5 Å². The summed E-state index contributed by atoms with van der Waals surface area (Å²) in [5.74, 6) is -1.65. The lowest BCUT2D eigenvalue weighted by molar-refractivity contribution is 0.107. The van der Waals surface area contributed by atoms with E-state index in [9.17, 15) is 14.6 Å². The maximum atomic E-state index is 17.2. The molecule has 4 saturated heterocycles. The van der Waals surface area contributed by atoms with Crippen LogP contribution in [-0.2, 0) is 6.42 Å². The molecule has 6 atom stereocenters. The number of hydrogen-bond acceptors (Lipinski definition) is 9. The number of phenolic OH excluding ortho intramolecular Hbond substituents is 1. The molecule has 4 aromatic rings. The number of anilines is 1. The zero-order chi connectivity index (χ0) is 32.9. The highest BCUT2D eigenvalue weighted by atomic mass is 19.1. The summed E-state index contributed by atoms with van der Waals surface area (Å²) in [4.78, 5) is 13.5. The van der Waals surface area contributed by atoms with Crippen LogP contribution >= 0.6 is 0 Å². The molecule has 9 nitrogen and oxygen atoms in total. The molecule has 252 valence electrons. The standard InChI is InChI=1S/C36H38F3N5O4/c1-2-19-4-3-5-20-8-23(46)9-24(27(19)20)28-30(38)32-29-33(31(28)39)47-16-26-25-7-6-22(40-25)14-44(26)34(29)42-35(41-32)48-17-36-10-18(15-45)12-43(36)13-21(37)11-36/h3-5,8-9,18,21-22,25-26,40,45-46H,2,6-7,10-17H2,1H3/t18-,21-,22?,25?,26+,36+/m1/s1. The molecule has 0 aliphatic carbocycles. The molecule has 9 rings (SSSR count). The Kier molecular flexibility index (Phi) is 6.97. The molecule has 12 heteroatoms. The molecule has 48 heavy (non-hydrogen) atoms. The van der Waals surface area contributed by atoms with E-state index in [4.69, 9.17) is 14.5 Å². The van der Waals surface area contributed by atoms with Gasteiger partial charge in [-0.05, 0) is 65.6 Å². The Labute approximate surface area is 275 Å². The predicted molar refractivity (Wildman–Crippen MR) is 175 cm³/mol. The van der Waals surface area contributed by atoms with Crippen molar-refractivity contribution in [2.45, 2.75) is 68.9 Å². The summed E-state index contributed by atoms with van der Waals surface area (Å²) in [6.07, 6.45) is 2.33. The van der Waals surface area contributed by atoms with E-state index in [2.05, 4.69) is 15.2 Å². The fraction of sp³-hybridized carbons (Fsp3) is 0.500. The molecule has 3 aromatic carbocycles. The third-order valence-corrected chi connectivity index (χ3v) is 11.4. The summed E-state index contributed by atoms with van der Waals surface area (Å²) in [5, 5.41) is 25.7. The number of aliphatic hydroxyl groups excluding tert-OH is 1. The van der Waals surface area contributed by atoms with E-state index in [1.54, 1.807) is 6.07 Å². The number of nitrogens with one attached hydrogen (secondary N) is 1. The summed E-state index contributed by atoms with van der Waals surface area (Å²) in [6.45, 7) is 3.63. The maximum absolute atomic E-state index is 17.2. The van der Waals surface area contributed by atoms with Gasteiger partial charge in [0, 0.05) is 44.7 Å². The molecule has 3 N–H and O–H groups in total. The number of aromatic hydroxyl groups is 1. The second-order valence-corrected chi connectivity index (χ2v) is 14.3. The second-order valence-electron chi connectivity index (χ2n) is 14.3. The third-order valence-electron chi connectivity index (χ3n) is 11.4. The molecule has 0 saturated carbocycles. The molecule has 0 radical (unpaired) electrons. The van der Waals surface area contributed by atoms with Crippen LogP contribution in [0.4, 0.5) is 19.0 Å². The minimum Gasteiger partial charge on any atom is -0.508 e. The van der Waals surface area contributed by atoms with E-state index in [-0.39, 0.29) is 96.4 Å². The van der Waals surface area contributed by atoms with Crippen molar-refractivity contribution in [2.24, 2.45) is 5.92 Å². The lowest BCUT2D eigenvalue weighted by Gasteiger charge is -2.40. The van der Waals surface area contributed by atoms with Crippen molar-refractivity contribution in [2.75, 3.05) is 44.4 Å². The minimum absolute atomic E-state index is 0.00431. The van der Waals surface area contributed by atoms with Crippen molar-refractivity contribution in [3.63, 3.8) is 0 Å². The van der Waals surface area contributed by atoms with Crippen molar-refractivity contribution in [3.8, 4) is 28.6 Å². The van der Waals surface area contributed by atoms with Gasteiger partial charge in [0.2, 0.25) is 0 Å². The van der Waals surface area contributed by atoms with Crippen molar-refractivity contribution in [1.29, 1.82) is 0 Å². The van der Waals surface area contributed by atoms with E-state index >= 15 is 8.78 Å². The molecule has 5 aliphatic rings. The maximum Gasteiger partial charge on any atom is 0.319 e. The van der Waals surface area contributed by atoms with E-state index in [1.807, 2.05) is 30.0 Å². The fourth-order valence-corrected chi connectivity index (χ4v) is 9.33. The van der Waals surface area contributed by atoms with E-state index in [1.165, 1.54) is 6.07 Å². The summed E-state index contributed by atoms with van der Waals surface area (Å²) in [5.41, 5.74) is -0.0172. The van der Waals surface area contributed by atoms with Crippen LogP contribution in [0.1, 0.15) is 38.2 Å². The minimum atomic E-state index is -1.01. The number of aliphatic hydroxyl groups is 1. The number of halogens is 3. The Balaban J connectivity index is 1.24. The van der Waals surface area contributed by atoms with Crippen molar-refractivity contribution in [3.05, 3.63) is 47.5 Å². The summed E-state index contributed by atoms with van der Waals surface area (Å²) in [6, 6.07) is 8.59. The van der Waals surface area contributed by atoms with Gasteiger partial charge in [0.25, 0.3) is 0 Å². The van der Waals surface area contributed by atoms with Gasteiger partial charge in [-0.15, -0.1) is 0 Å². The first-order valence-electron chi connectivity index (χ1n) is 17.0. The average molecular weight is 662 g/mol. The van der Waals surface area contributed by atoms with Crippen molar-refractivity contribution < 1.29 is 32.9 Å². The topological polar surface area (TPSA) is 103 Å². The van der Waals surface area contributed by atoms with Crippen LogP contribution in [0.25, 0.3) is 32.8 Å². The van der Waals surface area contributed by atoms with Crippen LogP contribution in [0.3, 0.4) is 0 Å². The number of rotatable bonds is 6. The fourth-order valence-electron chi connectivity index (χ4n) is 9.33. The van der Waals surface area contributed by atoms with E-state index in [0.717, 1.165) is 18.4 Å². The molecule has 0 amide bonds. The third kappa shape index (κ3) is 4.48. The van der Waals surface area contributed by atoms with Gasteiger partial charge in [0.1, 0.15) is 36.5 Å². The van der Waals surface area contributed by atoms with E-state index < -0.39 is 23.3 Å². The van der Waals surface area contributed by atoms with Crippen LogP contribution in [0.2, 0.25) is 0 Å². The van der Waals surface area contributed by atoms with Gasteiger partial charge in [-0.2, -0.15) is 9.97 Å². The molecule has 0 spiro atoms. The van der Waals surface area contributed by atoms with Crippen molar-refractivity contribution >= 4 is 27.5 Å². The molecule has 6 heterocycles. The van der Waals surface area contributed by atoms with E-state index in [0.29, 0.717) is 42.5 Å². The Bertz CT molecular complexity index is 1960. The van der Waals surface area contributed by atoms with Gasteiger partial charge in [0.15, 0.2) is 17.4 Å². The first kappa shape index (κ1) is 30.2. The number of alkyl halides is 1. The number of phenols is 1. The molecule has 5 aliphatic heterocycles. The molecule has 2 unspecified atom stereocenters. The number of aromatic nitrogens is 2. The Morgan fingerprint density at radius 2 is 1.96 bits per heavy atom. The second kappa shape index (κ2) is 11.1. The van der Waals surface area contributed by atoms with Gasteiger partial charge in [-0.3, -0.25) is 4.90 Å². The number of fused-ring (bicyclic) bond motifs is 7. The monoisotopic (exact) mass is 661 g/mol. The smallest absolute Gasteiger partial charge is 0.319 e. The number of ether oxygens (including phenoxy) is 2. The number of aryl methyl sites for hydroxylation is 1. The lowest BCUT2D eigenvalue weighted by atomic mass is 9.91. The first-order valence-corrected chi connectivity index (χ1v) is 17.0. The molecular weight excluding hydrogens is 623 g/mol. The average Bonchev–Trinajstić information content (AvgIpc) is 3.68. The Morgan fingerprint density at radius 3 is 2.79 bits per heavy atom. The van der Waals surface area contributed by atoms with Crippen LogP contribution in [0, 0.1) is 17.6 Å². The number of piperazine rings is 1. The van der Waals surface area contributed by atoms with Crippen molar-refractivity contribution in [1.82, 2.24) is 20.2 Å². The largest absolute Gasteiger partial charge is 0.508 e. The van der Waals surface area contributed by atoms with Crippen LogP contribution in [-0.4, -0.2) is 94.4 Å². The van der Waals surface area contributed by atoms with Crippen LogP contribution < -0.4 is 19.7 Å². The van der Waals surface area contributed by atoms with Crippen LogP contribution in [0.5, 0.6) is 17.5 Å². The first-order chi connectivity index (χ1) is 23.3. The zero-order valence-electron chi connectivity index (χ0n) is 26.7. The highest BCUT2D eigenvalue weighted by Gasteiger charge is 2.53. The Hall–Kier alpha value is -3.87. The molecule has 1 aromatic heterocycles. The highest BCUT2D eigenvalue weighted by molar-refractivity contribution is 6.05. The quantitative estimate of drug-likeness (QED) is 0.267. The van der Waals surface area contributed by atoms with Gasteiger partial charge < -0.3 is 29.9 Å². The number of nitrogens with zero attached hydrogens (tertiary/aromatic N) is 4. The van der Waals surface area contributed by atoms with Gasteiger partial charge in [-0.1, -0.05) is 25.1 Å². The molecule has 2 bridgehead atoms. The van der Waals surface area contributed by atoms with Gasteiger partial charge >= 0.3 is 6.01 Å². The predicted octanol–water partition coefficient (Wildman–Crippen LogP) is 4.87. The summed E-state index contributed by atoms with van der Waals surface area (Å²) < 4.78 is 61.5. The molecular formula is C36H38F3N5O4. The highest BCUT2D eigenvalue weighted by Crippen LogP contribution is 2.49. The van der Waals surface area contributed by atoms with Crippen LogP contribution in [0.15, 0.2) is 30.3 Å². The van der Waals surface area contributed by atoms with Gasteiger partial charge in [-0.25, -0.2) is 13.2 Å². The number of benzene rings is 3. The SMILES string of the molecule is CCc1cccc2cc(O)cc(-c3c(F)c4c5c(nc(OC[C@]67C[C@@H](F)CN6C[C@H](CO)C7)nc5c3F)N3CC5CCC(N5)[C@@H]3CO4)c12. The number of hydrogen-bond donors (Lipinski definition) is 3. The normalized spacial score (nSPS) is 29.3. The zero-order valence-corrected chi connectivity index (χ0v) is 26.7. The summed E-state index contributed by atoms with van der Waals surface area (Å²) in [7, 11) is 0. The molecule has 4 fully saturated rings. The Morgan fingerprint density at radius 1 is 1.08 bits per heavy atom. The lowest BCUT2D eigenvalue weighted by Crippen LogP contribution is -2.60.